The summed E-state index contributed by atoms with van der Waals surface area (Å²) in [5.74, 6) is -0.0408. The summed E-state index contributed by atoms with van der Waals surface area (Å²) in [7, 11) is 0. The molecule has 0 bridgehead atoms. The highest BCUT2D eigenvalue weighted by Crippen LogP contribution is 2.25. The second kappa shape index (κ2) is 5.32. The Morgan fingerprint density at radius 3 is 2.71 bits per heavy atom. The Hall–Kier alpha value is -0.610. The Morgan fingerprint density at radius 1 is 1.64 bits per heavy atom. The fourth-order valence-electron chi connectivity index (χ4n) is 1.17. The van der Waals surface area contributed by atoms with Gasteiger partial charge in [-0.15, -0.1) is 22.9 Å². The van der Waals surface area contributed by atoms with Crippen LogP contribution in [0.25, 0.3) is 0 Å². The van der Waals surface area contributed by atoms with E-state index in [9.17, 15) is 4.79 Å². The highest BCUT2D eigenvalue weighted by atomic mass is 35.5. The van der Waals surface area contributed by atoms with E-state index in [1.54, 1.807) is 16.6 Å². The Balaban J connectivity index is 2.69. The Bertz CT molecular complexity index is 285. The number of alkyl halides is 1. The number of hydrogen-bond acceptors (Lipinski definition) is 3. The smallest absolute Gasteiger partial charge is 0.246 e. The van der Waals surface area contributed by atoms with E-state index in [4.69, 9.17) is 11.6 Å². The molecule has 3 nitrogen and oxygen atoms in total. The number of thiazole rings is 1. The molecule has 0 saturated carbocycles. The van der Waals surface area contributed by atoms with E-state index in [1.165, 1.54) is 11.3 Å². The Morgan fingerprint density at radius 2 is 2.29 bits per heavy atom. The number of carbonyl (C=O) groups excluding carboxylic acids is 1. The first-order valence-corrected chi connectivity index (χ1v) is 5.83. The van der Waals surface area contributed by atoms with E-state index in [-0.39, 0.29) is 5.91 Å². The third-order valence-electron chi connectivity index (χ3n) is 1.99. The zero-order valence-electron chi connectivity index (χ0n) is 8.24. The largest absolute Gasteiger partial charge is 0.342 e. The van der Waals surface area contributed by atoms with Gasteiger partial charge < -0.3 is 4.90 Å². The summed E-state index contributed by atoms with van der Waals surface area (Å²) in [5.41, 5.74) is 1.68. The van der Waals surface area contributed by atoms with Crippen LogP contribution < -0.4 is 0 Å². The van der Waals surface area contributed by atoms with Crippen molar-refractivity contribution < 1.29 is 4.79 Å². The van der Waals surface area contributed by atoms with E-state index in [0.717, 1.165) is 4.88 Å². The third-order valence-corrected chi connectivity index (χ3v) is 3.38. The van der Waals surface area contributed by atoms with E-state index in [1.807, 2.05) is 13.8 Å². The van der Waals surface area contributed by atoms with Gasteiger partial charge in [0.05, 0.1) is 10.4 Å². The molecule has 1 aromatic heterocycles. The number of amides is 1. The topological polar surface area (TPSA) is 33.2 Å². The van der Waals surface area contributed by atoms with Crippen LogP contribution in [0.2, 0.25) is 0 Å². The number of carbonyl (C=O) groups is 1. The number of likely N-dealkylation sites (N-methyl/N-ethyl adjacent to an activating group) is 1. The van der Waals surface area contributed by atoms with E-state index >= 15 is 0 Å². The fourth-order valence-corrected chi connectivity index (χ4v) is 2.10. The van der Waals surface area contributed by atoms with Crippen molar-refractivity contribution in [1.82, 2.24) is 9.88 Å². The number of halogens is 1. The molecule has 0 aliphatic heterocycles. The summed E-state index contributed by atoms with van der Waals surface area (Å²) >= 11 is 7.44. The molecule has 5 heteroatoms. The first-order valence-electron chi connectivity index (χ1n) is 4.51. The molecule has 1 rings (SSSR count). The molecule has 0 spiro atoms. The number of hydrogen-bond donors (Lipinski definition) is 0. The van der Waals surface area contributed by atoms with E-state index in [0.29, 0.717) is 13.1 Å². The lowest BCUT2D eigenvalue weighted by Crippen LogP contribution is -2.32. The minimum absolute atomic E-state index is 0.0408. The van der Waals surface area contributed by atoms with Crippen LogP contribution in [0.1, 0.15) is 24.1 Å². The molecule has 0 saturated heterocycles. The molecule has 1 amide bonds. The fraction of sp³-hybridized carbons (Fsp3) is 0.556. The summed E-state index contributed by atoms with van der Waals surface area (Å²) in [5, 5.41) is -0.581. The monoisotopic (exact) mass is 232 g/mol. The molecule has 1 unspecified atom stereocenters. The van der Waals surface area contributed by atoms with Gasteiger partial charge in [0, 0.05) is 19.3 Å². The van der Waals surface area contributed by atoms with Gasteiger partial charge in [-0.1, -0.05) is 0 Å². The van der Waals surface area contributed by atoms with Crippen LogP contribution in [-0.4, -0.2) is 28.9 Å². The molecule has 0 aromatic carbocycles. The van der Waals surface area contributed by atoms with Crippen LogP contribution in [0.15, 0.2) is 11.7 Å². The molecule has 14 heavy (non-hydrogen) atoms. The second-order valence-corrected chi connectivity index (χ2v) is 4.13. The maximum atomic E-state index is 11.8. The highest BCUT2D eigenvalue weighted by Gasteiger charge is 2.22. The first kappa shape index (κ1) is 11.5. The van der Waals surface area contributed by atoms with Crippen molar-refractivity contribution in [2.24, 2.45) is 0 Å². The van der Waals surface area contributed by atoms with Crippen molar-refractivity contribution in [2.75, 3.05) is 13.1 Å². The minimum atomic E-state index is -0.581. The molecule has 0 radical (unpaired) electrons. The van der Waals surface area contributed by atoms with Gasteiger partial charge in [-0.2, -0.15) is 0 Å². The lowest BCUT2D eigenvalue weighted by molar-refractivity contribution is -0.130. The van der Waals surface area contributed by atoms with Crippen molar-refractivity contribution in [3.63, 3.8) is 0 Å². The van der Waals surface area contributed by atoms with Crippen molar-refractivity contribution in [3.8, 4) is 0 Å². The van der Waals surface area contributed by atoms with Crippen LogP contribution in [-0.2, 0) is 4.79 Å². The average molecular weight is 233 g/mol. The Labute approximate surface area is 92.7 Å². The first-order chi connectivity index (χ1) is 6.70. The van der Waals surface area contributed by atoms with Gasteiger partial charge in [-0.25, -0.2) is 0 Å². The molecule has 1 heterocycles. The van der Waals surface area contributed by atoms with E-state index < -0.39 is 5.38 Å². The van der Waals surface area contributed by atoms with Crippen molar-refractivity contribution in [1.29, 1.82) is 0 Å². The molecular weight excluding hydrogens is 220 g/mol. The van der Waals surface area contributed by atoms with Gasteiger partial charge in [-0.05, 0) is 13.8 Å². The van der Waals surface area contributed by atoms with Gasteiger partial charge in [0.15, 0.2) is 0 Å². The quantitative estimate of drug-likeness (QED) is 0.747. The minimum Gasteiger partial charge on any atom is -0.342 e. The average Bonchev–Trinajstić information content (AvgIpc) is 2.71. The van der Waals surface area contributed by atoms with Crippen molar-refractivity contribution >= 4 is 28.8 Å². The number of nitrogens with zero attached hydrogens (tertiary/aromatic N) is 2. The molecule has 0 N–H and O–H groups in total. The lowest BCUT2D eigenvalue weighted by Gasteiger charge is -2.20. The van der Waals surface area contributed by atoms with Gasteiger partial charge in [0.2, 0.25) is 5.91 Å². The molecular formula is C9H13ClN2OS. The standard InChI is InChI=1S/C9H13ClN2OS/c1-3-12(4-2)9(13)8(10)7-5-11-6-14-7/h5-6,8H,3-4H2,1-2H3. The molecule has 1 aromatic rings. The molecule has 0 aliphatic carbocycles. The predicted molar refractivity (Wildman–Crippen MR) is 58.6 cm³/mol. The van der Waals surface area contributed by atoms with Crippen molar-refractivity contribution in [2.45, 2.75) is 19.2 Å². The molecule has 1 atom stereocenters. The summed E-state index contributed by atoms with van der Waals surface area (Å²) in [6, 6.07) is 0. The maximum Gasteiger partial charge on any atom is 0.246 e. The number of rotatable bonds is 4. The summed E-state index contributed by atoms with van der Waals surface area (Å²) in [6.07, 6.45) is 1.64. The van der Waals surface area contributed by atoms with Gasteiger partial charge >= 0.3 is 0 Å². The van der Waals surface area contributed by atoms with Crippen LogP contribution in [0.3, 0.4) is 0 Å². The lowest BCUT2D eigenvalue weighted by atomic mass is 10.3. The summed E-state index contributed by atoms with van der Waals surface area (Å²) in [6.45, 7) is 5.27. The van der Waals surface area contributed by atoms with Crippen LogP contribution >= 0.6 is 22.9 Å². The maximum absolute atomic E-state index is 11.8. The van der Waals surface area contributed by atoms with Crippen LogP contribution in [0.5, 0.6) is 0 Å². The van der Waals surface area contributed by atoms with Crippen molar-refractivity contribution in [3.05, 3.63) is 16.6 Å². The zero-order valence-corrected chi connectivity index (χ0v) is 9.81. The normalized spacial score (nSPS) is 12.5. The zero-order chi connectivity index (χ0) is 10.6. The van der Waals surface area contributed by atoms with E-state index in [2.05, 4.69) is 4.98 Å². The molecule has 0 aliphatic rings. The predicted octanol–water partition coefficient (Wildman–Crippen LogP) is 2.29. The van der Waals surface area contributed by atoms with Gasteiger partial charge in [0.25, 0.3) is 0 Å². The Kier molecular flexibility index (Phi) is 4.35. The third kappa shape index (κ3) is 2.45. The van der Waals surface area contributed by atoms with Crippen LogP contribution in [0, 0.1) is 0 Å². The summed E-state index contributed by atoms with van der Waals surface area (Å²) in [4.78, 5) is 18.2. The van der Waals surface area contributed by atoms with Crippen LogP contribution in [0.4, 0.5) is 0 Å². The SMILES string of the molecule is CCN(CC)C(=O)C(Cl)c1cncs1. The second-order valence-electron chi connectivity index (χ2n) is 2.78. The van der Waals surface area contributed by atoms with Gasteiger partial charge in [0.1, 0.15) is 5.38 Å². The summed E-state index contributed by atoms with van der Waals surface area (Å²) < 4.78 is 0. The van der Waals surface area contributed by atoms with Gasteiger partial charge in [-0.3, -0.25) is 9.78 Å². The highest BCUT2D eigenvalue weighted by molar-refractivity contribution is 7.10. The molecule has 0 fully saturated rings. The number of aromatic nitrogens is 1. The molecule has 78 valence electrons.